The van der Waals surface area contributed by atoms with Crippen LogP contribution in [0.1, 0.15) is 18.2 Å². The highest BCUT2D eigenvalue weighted by Crippen LogP contribution is 2.18. The first kappa shape index (κ1) is 11.2. The standard InChI is InChI=1S/C13H13N3O/c1-2-11-4-3-5-13(8-11)16(10-14)9-12-6-7-17-15-12/h3-8H,2,9H2,1H3. The largest absolute Gasteiger partial charge is 0.364 e. The molecule has 1 aromatic heterocycles. The molecule has 0 saturated heterocycles. The van der Waals surface area contributed by atoms with Gasteiger partial charge in [0.25, 0.3) is 0 Å². The van der Waals surface area contributed by atoms with Gasteiger partial charge >= 0.3 is 0 Å². The van der Waals surface area contributed by atoms with Crippen LogP contribution in [0.15, 0.2) is 41.1 Å². The predicted molar refractivity (Wildman–Crippen MR) is 64.1 cm³/mol. The van der Waals surface area contributed by atoms with Crippen LogP contribution in [0.25, 0.3) is 0 Å². The SMILES string of the molecule is CCc1cccc(N(C#N)Cc2ccon2)c1. The minimum atomic E-state index is 0.431. The lowest BCUT2D eigenvalue weighted by Crippen LogP contribution is -2.16. The van der Waals surface area contributed by atoms with Crippen molar-refractivity contribution in [2.24, 2.45) is 0 Å². The second-order valence-electron chi connectivity index (χ2n) is 3.70. The van der Waals surface area contributed by atoms with Gasteiger partial charge in [-0.2, -0.15) is 5.26 Å². The summed E-state index contributed by atoms with van der Waals surface area (Å²) in [4.78, 5) is 1.59. The van der Waals surface area contributed by atoms with Gasteiger partial charge in [0.15, 0.2) is 6.19 Å². The summed E-state index contributed by atoms with van der Waals surface area (Å²) < 4.78 is 4.75. The Morgan fingerprint density at radius 3 is 2.94 bits per heavy atom. The van der Waals surface area contributed by atoms with Crippen LogP contribution in [-0.4, -0.2) is 5.16 Å². The Bertz CT molecular complexity index is 514. The third-order valence-corrected chi connectivity index (χ3v) is 2.56. The lowest BCUT2D eigenvalue weighted by Gasteiger charge is -2.14. The molecular weight excluding hydrogens is 214 g/mol. The minimum Gasteiger partial charge on any atom is -0.364 e. The van der Waals surface area contributed by atoms with E-state index in [0.29, 0.717) is 6.54 Å². The normalized spacial score (nSPS) is 9.88. The van der Waals surface area contributed by atoms with E-state index >= 15 is 0 Å². The van der Waals surface area contributed by atoms with Crippen molar-refractivity contribution < 1.29 is 4.52 Å². The Hall–Kier alpha value is -2.28. The van der Waals surface area contributed by atoms with E-state index in [1.54, 1.807) is 11.0 Å². The van der Waals surface area contributed by atoms with Crippen LogP contribution in [0.5, 0.6) is 0 Å². The number of aryl methyl sites for hydroxylation is 1. The lowest BCUT2D eigenvalue weighted by atomic mass is 10.1. The molecule has 4 heteroatoms. The van der Waals surface area contributed by atoms with Crippen molar-refractivity contribution in [3.8, 4) is 6.19 Å². The van der Waals surface area contributed by atoms with Crippen molar-refractivity contribution in [2.75, 3.05) is 4.90 Å². The molecule has 1 heterocycles. The highest BCUT2D eigenvalue weighted by Gasteiger charge is 2.08. The second kappa shape index (κ2) is 5.17. The molecule has 2 rings (SSSR count). The van der Waals surface area contributed by atoms with E-state index in [4.69, 9.17) is 9.78 Å². The Kier molecular flexibility index (Phi) is 3.41. The van der Waals surface area contributed by atoms with Crippen LogP contribution in [0.4, 0.5) is 5.69 Å². The van der Waals surface area contributed by atoms with E-state index in [-0.39, 0.29) is 0 Å². The summed E-state index contributed by atoms with van der Waals surface area (Å²) in [7, 11) is 0. The summed E-state index contributed by atoms with van der Waals surface area (Å²) in [6, 6.07) is 9.70. The monoisotopic (exact) mass is 227 g/mol. The van der Waals surface area contributed by atoms with Gasteiger partial charge in [0.2, 0.25) is 0 Å². The van der Waals surface area contributed by atoms with Gasteiger partial charge < -0.3 is 4.52 Å². The fourth-order valence-electron chi connectivity index (χ4n) is 1.61. The van der Waals surface area contributed by atoms with Crippen LogP contribution in [-0.2, 0) is 13.0 Å². The molecule has 0 N–H and O–H groups in total. The highest BCUT2D eigenvalue weighted by molar-refractivity contribution is 5.52. The van der Waals surface area contributed by atoms with Crippen LogP contribution in [0.3, 0.4) is 0 Å². The molecule has 0 bridgehead atoms. The third-order valence-electron chi connectivity index (χ3n) is 2.56. The molecule has 1 aromatic carbocycles. The molecule has 0 saturated carbocycles. The molecule has 0 aliphatic heterocycles. The fraction of sp³-hybridized carbons (Fsp3) is 0.231. The maximum absolute atomic E-state index is 9.16. The molecule has 0 aliphatic rings. The topological polar surface area (TPSA) is 53.1 Å². The van der Waals surface area contributed by atoms with E-state index in [0.717, 1.165) is 17.8 Å². The molecule has 0 amide bonds. The number of hydrogen-bond donors (Lipinski definition) is 0. The fourth-order valence-corrected chi connectivity index (χ4v) is 1.61. The zero-order chi connectivity index (χ0) is 12.1. The Balaban J connectivity index is 2.20. The van der Waals surface area contributed by atoms with Crippen molar-refractivity contribution >= 4 is 5.69 Å². The van der Waals surface area contributed by atoms with Crippen molar-refractivity contribution in [3.05, 3.63) is 47.9 Å². The number of rotatable bonds is 4. The highest BCUT2D eigenvalue weighted by atomic mass is 16.5. The van der Waals surface area contributed by atoms with Crippen molar-refractivity contribution in [2.45, 2.75) is 19.9 Å². The number of aromatic nitrogens is 1. The lowest BCUT2D eigenvalue weighted by molar-refractivity contribution is 0.412. The first-order chi connectivity index (χ1) is 8.33. The van der Waals surface area contributed by atoms with Crippen LogP contribution in [0.2, 0.25) is 0 Å². The van der Waals surface area contributed by atoms with Gasteiger partial charge in [0.1, 0.15) is 12.0 Å². The Labute approximate surface area is 100 Å². The molecular formula is C13H13N3O. The molecule has 0 unspecified atom stereocenters. The summed E-state index contributed by atoms with van der Waals surface area (Å²) in [6.45, 7) is 2.52. The van der Waals surface area contributed by atoms with E-state index in [1.165, 1.54) is 11.8 Å². The van der Waals surface area contributed by atoms with Gasteiger partial charge in [-0.15, -0.1) is 0 Å². The van der Waals surface area contributed by atoms with Gasteiger partial charge in [0.05, 0.1) is 12.2 Å². The summed E-state index contributed by atoms with van der Waals surface area (Å²) in [5.74, 6) is 0. The molecule has 4 nitrogen and oxygen atoms in total. The van der Waals surface area contributed by atoms with E-state index in [1.807, 2.05) is 18.2 Å². The predicted octanol–water partition coefficient (Wildman–Crippen LogP) is 2.72. The van der Waals surface area contributed by atoms with E-state index < -0.39 is 0 Å². The molecule has 17 heavy (non-hydrogen) atoms. The summed E-state index contributed by atoms with van der Waals surface area (Å²) in [5, 5.41) is 13.0. The maximum atomic E-state index is 9.16. The van der Waals surface area contributed by atoms with Crippen LogP contribution >= 0.6 is 0 Å². The first-order valence-electron chi connectivity index (χ1n) is 5.49. The average Bonchev–Trinajstić information content (AvgIpc) is 2.89. The molecule has 0 fully saturated rings. The van der Waals surface area contributed by atoms with Gasteiger partial charge in [-0.05, 0) is 24.1 Å². The zero-order valence-electron chi connectivity index (χ0n) is 9.63. The number of nitrogens with zero attached hydrogens (tertiary/aromatic N) is 3. The summed E-state index contributed by atoms with van der Waals surface area (Å²) in [6.07, 6.45) is 4.62. The zero-order valence-corrected chi connectivity index (χ0v) is 9.63. The number of anilines is 1. The molecule has 0 aliphatic carbocycles. The van der Waals surface area contributed by atoms with Crippen molar-refractivity contribution in [3.63, 3.8) is 0 Å². The van der Waals surface area contributed by atoms with Crippen molar-refractivity contribution in [1.29, 1.82) is 5.26 Å². The average molecular weight is 227 g/mol. The number of nitriles is 1. The number of benzene rings is 1. The summed E-state index contributed by atoms with van der Waals surface area (Å²) in [5.41, 5.74) is 2.84. The van der Waals surface area contributed by atoms with E-state index in [9.17, 15) is 0 Å². The van der Waals surface area contributed by atoms with Crippen molar-refractivity contribution in [1.82, 2.24) is 5.16 Å². The summed E-state index contributed by atoms with van der Waals surface area (Å²) >= 11 is 0. The van der Waals surface area contributed by atoms with Gasteiger partial charge in [-0.3, -0.25) is 4.90 Å². The van der Waals surface area contributed by atoms with Crippen LogP contribution in [0, 0.1) is 11.5 Å². The smallest absolute Gasteiger partial charge is 0.184 e. The van der Waals surface area contributed by atoms with Gasteiger partial charge in [-0.1, -0.05) is 24.2 Å². The van der Waals surface area contributed by atoms with Crippen LogP contribution < -0.4 is 4.90 Å². The molecule has 86 valence electrons. The number of hydrogen-bond acceptors (Lipinski definition) is 4. The maximum Gasteiger partial charge on any atom is 0.184 e. The third kappa shape index (κ3) is 2.64. The Morgan fingerprint density at radius 2 is 2.29 bits per heavy atom. The minimum absolute atomic E-state index is 0.431. The Morgan fingerprint density at radius 1 is 1.41 bits per heavy atom. The quantitative estimate of drug-likeness (QED) is 0.595. The van der Waals surface area contributed by atoms with Gasteiger partial charge in [-0.25, -0.2) is 0 Å². The first-order valence-corrected chi connectivity index (χ1v) is 5.49. The second-order valence-corrected chi connectivity index (χ2v) is 3.70. The van der Waals surface area contributed by atoms with Gasteiger partial charge in [0, 0.05) is 6.07 Å². The molecule has 0 spiro atoms. The van der Waals surface area contributed by atoms with E-state index in [2.05, 4.69) is 24.3 Å². The molecule has 2 aromatic rings. The molecule has 0 radical (unpaired) electrons. The molecule has 0 atom stereocenters.